The molecule has 0 saturated heterocycles. The van der Waals surface area contributed by atoms with Crippen LogP contribution in [0.5, 0.6) is 0 Å². The molecule has 0 radical (unpaired) electrons. The van der Waals surface area contributed by atoms with E-state index in [1.165, 1.54) is 17.1 Å². The highest BCUT2D eigenvalue weighted by atomic mass is 16.1. The summed E-state index contributed by atoms with van der Waals surface area (Å²) in [4.78, 5) is 23.9. The maximum Gasteiger partial charge on any atom is 0.218 e. The minimum Gasteiger partial charge on any atom is -0.287 e. The maximum absolute atomic E-state index is 12.0. The van der Waals surface area contributed by atoms with Crippen LogP contribution in [0.3, 0.4) is 0 Å². The molecule has 78 valence electrons. The van der Waals surface area contributed by atoms with Crippen LogP contribution < -0.4 is 0 Å². The molecule has 0 fully saturated rings. The first-order valence-corrected chi connectivity index (χ1v) is 4.50. The largest absolute Gasteiger partial charge is 0.287 e. The number of carbonyl (C=O) groups is 2. The Morgan fingerprint density at radius 1 is 1.06 bits per heavy atom. The molecule has 2 heterocycles. The van der Waals surface area contributed by atoms with Crippen LogP contribution in [0.4, 0.5) is 0 Å². The van der Waals surface area contributed by atoms with E-state index in [1.54, 1.807) is 7.05 Å². The number of nitrogens with zero attached hydrogens (tertiary/aromatic N) is 5. The summed E-state index contributed by atoms with van der Waals surface area (Å²) in [7, 11) is 1.57. The van der Waals surface area contributed by atoms with Crippen molar-refractivity contribution in [2.75, 3.05) is 0 Å². The van der Waals surface area contributed by atoms with Crippen molar-refractivity contribution in [1.82, 2.24) is 25.2 Å². The number of aryl methyl sites for hydroxylation is 1. The van der Waals surface area contributed by atoms with E-state index in [0.717, 1.165) is 0 Å². The van der Waals surface area contributed by atoms with E-state index in [0.29, 0.717) is 0 Å². The second-order valence-corrected chi connectivity index (χ2v) is 3.39. The van der Waals surface area contributed by atoms with Gasteiger partial charge in [-0.3, -0.25) is 9.59 Å². The molecular weight excluding hydrogens is 210 g/mol. The van der Waals surface area contributed by atoms with Crippen molar-refractivity contribution in [3.05, 3.63) is 34.9 Å². The van der Waals surface area contributed by atoms with Gasteiger partial charge in [-0.2, -0.15) is 10.2 Å². The molecule has 1 aliphatic carbocycles. The third-order valence-corrected chi connectivity index (χ3v) is 2.48. The summed E-state index contributed by atoms with van der Waals surface area (Å²) >= 11 is 0. The number of carbonyl (C=O) groups excluding carboxylic acids is 2. The lowest BCUT2D eigenvalue weighted by molar-refractivity contribution is 0.0970. The topological polar surface area (TPSA) is 90.6 Å². The van der Waals surface area contributed by atoms with Gasteiger partial charge in [0.1, 0.15) is 5.69 Å². The number of hydrogen-bond donors (Lipinski definition) is 0. The smallest absolute Gasteiger partial charge is 0.218 e. The van der Waals surface area contributed by atoms with Crippen LogP contribution >= 0.6 is 0 Å². The molecule has 0 spiro atoms. The molecule has 0 bridgehead atoms. The lowest BCUT2D eigenvalue weighted by Gasteiger charge is -2.11. The minimum atomic E-state index is -0.340. The summed E-state index contributed by atoms with van der Waals surface area (Å²) < 4.78 is 1.29. The van der Waals surface area contributed by atoms with Gasteiger partial charge in [0, 0.05) is 7.05 Å². The van der Waals surface area contributed by atoms with Crippen LogP contribution in [0.2, 0.25) is 0 Å². The molecule has 0 saturated carbocycles. The molecule has 2 aromatic heterocycles. The highest BCUT2D eigenvalue weighted by Gasteiger charge is 2.34. The first kappa shape index (κ1) is 8.84. The van der Waals surface area contributed by atoms with E-state index in [2.05, 4.69) is 20.5 Å². The molecule has 0 N–H and O–H groups in total. The first-order valence-electron chi connectivity index (χ1n) is 4.50. The Morgan fingerprint density at radius 2 is 1.69 bits per heavy atom. The SMILES string of the molecule is Cn1nnc2c1C(=O)c1cnncc1C2=O. The number of hydrogen-bond acceptors (Lipinski definition) is 6. The zero-order valence-electron chi connectivity index (χ0n) is 8.21. The molecule has 0 unspecified atom stereocenters. The Bertz CT molecular complexity index is 631. The van der Waals surface area contributed by atoms with E-state index >= 15 is 0 Å². The summed E-state index contributed by atoms with van der Waals surface area (Å²) in [5, 5.41) is 14.5. The quantitative estimate of drug-likeness (QED) is 0.496. The van der Waals surface area contributed by atoms with Crippen molar-refractivity contribution in [3.8, 4) is 0 Å². The number of fused-ring (bicyclic) bond motifs is 2. The van der Waals surface area contributed by atoms with Gasteiger partial charge in [0.2, 0.25) is 11.6 Å². The summed E-state index contributed by atoms with van der Waals surface area (Å²) in [6.07, 6.45) is 2.55. The van der Waals surface area contributed by atoms with Crippen LogP contribution in [0.1, 0.15) is 32.1 Å². The summed E-state index contributed by atoms with van der Waals surface area (Å²) in [6.45, 7) is 0. The molecule has 16 heavy (non-hydrogen) atoms. The van der Waals surface area contributed by atoms with Crippen molar-refractivity contribution in [2.45, 2.75) is 0 Å². The highest BCUT2D eigenvalue weighted by molar-refractivity contribution is 6.26. The molecular formula is C9H5N5O2. The van der Waals surface area contributed by atoms with E-state index in [1.807, 2.05) is 0 Å². The molecule has 7 heteroatoms. The van der Waals surface area contributed by atoms with Gasteiger partial charge in [0.15, 0.2) is 5.69 Å². The Morgan fingerprint density at radius 3 is 2.38 bits per heavy atom. The predicted octanol–water partition coefficient (Wildman–Crippen LogP) is -0.620. The lowest BCUT2D eigenvalue weighted by Crippen LogP contribution is -2.23. The standard InChI is InChI=1S/C9H5N5O2/c1-14-7-6(12-13-14)8(15)4-2-10-11-3-5(4)9(7)16/h2-3H,1H3. The second kappa shape index (κ2) is 2.78. The number of rotatable bonds is 0. The van der Waals surface area contributed by atoms with Crippen LogP contribution in [-0.4, -0.2) is 36.8 Å². The average Bonchev–Trinajstić information content (AvgIpc) is 2.69. The fourth-order valence-corrected chi connectivity index (χ4v) is 1.70. The maximum atomic E-state index is 12.0. The summed E-state index contributed by atoms with van der Waals surface area (Å²) in [6, 6.07) is 0. The van der Waals surface area contributed by atoms with E-state index < -0.39 is 0 Å². The molecule has 0 atom stereocenters. The highest BCUT2D eigenvalue weighted by Crippen LogP contribution is 2.23. The summed E-state index contributed by atoms with van der Waals surface area (Å²) in [5.41, 5.74) is 0.754. The normalized spacial score (nSPS) is 13.6. The summed E-state index contributed by atoms with van der Waals surface area (Å²) in [5.74, 6) is -0.639. The van der Waals surface area contributed by atoms with Crippen LogP contribution in [0.15, 0.2) is 12.4 Å². The predicted molar refractivity (Wildman–Crippen MR) is 49.9 cm³/mol. The zero-order chi connectivity index (χ0) is 11.3. The van der Waals surface area contributed by atoms with Gasteiger partial charge in [-0.25, -0.2) is 4.68 Å². The second-order valence-electron chi connectivity index (χ2n) is 3.39. The van der Waals surface area contributed by atoms with E-state index in [9.17, 15) is 9.59 Å². The molecule has 1 aliphatic rings. The van der Waals surface area contributed by atoms with Gasteiger partial charge in [0.05, 0.1) is 23.5 Å². The number of aromatic nitrogens is 5. The molecule has 7 nitrogen and oxygen atoms in total. The van der Waals surface area contributed by atoms with Crippen molar-refractivity contribution >= 4 is 11.6 Å². The van der Waals surface area contributed by atoms with Gasteiger partial charge < -0.3 is 0 Å². The van der Waals surface area contributed by atoms with Crippen LogP contribution in [-0.2, 0) is 7.05 Å². The third kappa shape index (κ3) is 0.914. The Labute approximate surface area is 89.1 Å². The van der Waals surface area contributed by atoms with E-state index in [-0.39, 0.29) is 34.1 Å². The van der Waals surface area contributed by atoms with Crippen molar-refractivity contribution in [3.63, 3.8) is 0 Å². The van der Waals surface area contributed by atoms with Crippen molar-refractivity contribution in [2.24, 2.45) is 7.05 Å². The van der Waals surface area contributed by atoms with Crippen molar-refractivity contribution in [1.29, 1.82) is 0 Å². The Balaban J connectivity index is 2.36. The van der Waals surface area contributed by atoms with Gasteiger partial charge in [-0.1, -0.05) is 5.21 Å². The minimum absolute atomic E-state index is 0.0769. The van der Waals surface area contributed by atoms with Crippen LogP contribution in [0.25, 0.3) is 0 Å². The van der Waals surface area contributed by atoms with Crippen molar-refractivity contribution < 1.29 is 9.59 Å². The lowest BCUT2D eigenvalue weighted by atomic mass is 9.93. The Hall–Kier alpha value is -2.44. The number of ketones is 2. The van der Waals surface area contributed by atoms with Gasteiger partial charge in [-0.15, -0.1) is 5.10 Å². The molecule has 0 aliphatic heterocycles. The fourth-order valence-electron chi connectivity index (χ4n) is 1.70. The van der Waals surface area contributed by atoms with Gasteiger partial charge >= 0.3 is 0 Å². The molecule has 0 amide bonds. The molecule has 2 aromatic rings. The molecule has 3 rings (SSSR count). The average molecular weight is 215 g/mol. The monoisotopic (exact) mass is 215 g/mol. The van der Waals surface area contributed by atoms with Crippen LogP contribution in [0, 0.1) is 0 Å². The van der Waals surface area contributed by atoms with Gasteiger partial charge in [-0.05, 0) is 0 Å². The Kier molecular flexibility index (Phi) is 1.54. The first-order chi connectivity index (χ1) is 7.70. The van der Waals surface area contributed by atoms with Gasteiger partial charge in [0.25, 0.3) is 0 Å². The zero-order valence-corrected chi connectivity index (χ0v) is 8.21. The third-order valence-electron chi connectivity index (χ3n) is 2.48. The fraction of sp³-hybridized carbons (Fsp3) is 0.111. The molecule has 0 aromatic carbocycles. The van der Waals surface area contributed by atoms with E-state index in [4.69, 9.17) is 0 Å².